The average molecular weight is 307 g/mol. The lowest BCUT2D eigenvalue weighted by Gasteiger charge is -2.20. The first-order valence-electron chi connectivity index (χ1n) is 7.42. The molecule has 0 spiro atoms. The van der Waals surface area contributed by atoms with Crippen molar-refractivity contribution in [3.05, 3.63) is 33.9 Å². The maximum Gasteiger partial charge on any atom is 0.311 e. The zero-order chi connectivity index (χ0) is 16.1. The molecule has 1 amide bonds. The summed E-state index contributed by atoms with van der Waals surface area (Å²) in [6.07, 6.45) is 0.904. The number of ether oxygens (including phenoxy) is 1. The Labute approximate surface area is 129 Å². The summed E-state index contributed by atoms with van der Waals surface area (Å²) in [6, 6.07) is 4.40. The number of likely N-dealkylation sites (N-methyl/N-ethyl adjacent to an activating group) is 1. The van der Waals surface area contributed by atoms with Gasteiger partial charge in [-0.25, -0.2) is 0 Å². The van der Waals surface area contributed by atoms with Crippen LogP contribution in [-0.4, -0.2) is 60.5 Å². The van der Waals surface area contributed by atoms with E-state index in [9.17, 15) is 14.9 Å². The molecule has 1 aliphatic rings. The fraction of sp³-hybridized carbons (Fsp3) is 0.533. The number of benzene rings is 1. The minimum atomic E-state index is -0.516. The highest BCUT2D eigenvalue weighted by Crippen LogP contribution is 2.28. The van der Waals surface area contributed by atoms with Gasteiger partial charge in [0.05, 0.1) is 11.5 Å². The van der Waals surface area contributed by atoms with E-state index in [-0.39, 0.29) is 17.3 Å². The smallest absolute Gasteiger partial charge is 0.311 e. The van der Waals surface area contributed by atoms with Gasteiger partial charge in [0.25, 0.3) is 5.91 Å². The normalized spacial score (nSPS) is 16.2. The number of hydrogen-bond acceptors (Lipinski definition) is 5. The molecule has 2 rings (SSSR count). The summed E-state index contributed by atoms with van der Waals surface area (Å²) in [5.41, 5.74) is 0.166. The first-order valence-corrected chi connectivity index (χ1v) is 7.42. The largest absolute Gasteiger partial charge is 0.487 e. The summed E-state index contributed by atoms with van der Waals surface area (Å²) in [6.45, 7) is 5.17. The summed E-state index contributed by atoms with van der Waals surface area (Å²) >= 11 is 0. The van der Waals surface area contributed by atoms with Gasteiger partial charge in [-0.1, -0.05) is 0 Å². The van der Waals surface area contributed by atoms with Crippen LogP contribution >= 0.6 is 0 Å². The topological polar surface area (TPSA) is 75.9 Å². The molecule has 0 atom stereocenters. The zero-order valence-electron chi connectivity index (χ0n) is 12.9. The highest BCUT2D eigenvalue weighted by Gasteiger charge is 2.23. The van der Waals surface area contributed by atoms with Crippen molar-refractivity contribution in [2.45, 2.75) is 13.3 Å². The monoisotopic (exact) mass is 307 g/mol. The lowest BCUT2D eigenvalue weighted by Crippen LogP contribution is -2.34. The molecule has 1 aromatic rings. The summed E-state index contributed by atoms with van der Waals surface area (Å²) in [7, 11) is 2.02. The molecule has 1 aliphatic heterocycles. The second-order valence-corrected chi connectivity index (χ2v) is 5.32. The van der Waals surface area contributed by atoms with Gasteiger partial charge in [0.1, 0.15) is 0 Å². The Morgan fingerprint density at radius 2 is 2.09 bits per heavy atom. The molecule has 1 fully saturated rings. The Bertz CT molecular complexity index is 562. The maximum atomic E-state index is 12.5. The number of rotatable bonds is 4. The molecule has 22 heavy (non-hydrogen) atoms. The molecule has 0 unspecified atom stereocenters. The van der Waals surface area contributed by atoms with E-state index >= 15 is 0 Å². The average Bonchev–Trinajstić information content (AvgIpc) is 2.72. The standard InChI is InChI=1S/C15H21N3O4/c1-3-22-14-6-5-12(11-13(14)18(20)21)15(19)17-8-4-7-16(2)9-10-17/h5-6,11H,3-4,7-10H2,1-2H3. The summed E-state index contributed by atoms with van der Waals surface area (Å²) in [4.78, 5) is 27.1. The van der Waals surface area contributed by atoms with Crippen LogP contribution in [-0.2, 0) is 0 Å². The van der Waals surface area contributed by atoms with E-state index in [1.165, 1.54) is 12.1 Å². The number of nitrogens with zero attached hydrogens (tertiary/aromatic N) is 3. The molecular weight excluding hydrogens is 286 g/mol. The van der Waals surface area contributed by atoms with Crippen molar-refractivity contribution in [1.82, 2.24) is 9.80 Å². The number of carbonyl (C=O) groups is 1. The number of amides is 1. The van der Waals surface area contributed by atoms with Gasteiger partial charge in [0.15, 0.2) is 5.75 Å². The highest BCUT2D eigenvalue weighted by atomic mass is 16.6. The van der Waals surface area contributed by atoms with Crippen molar-refractivity contribution < 1.29 is 14.5 Å². The van der Waals surface area contributed by atoms with Crippen LogP contribution in [0.25, 0.3) is 0 Å². The first-order chi connectivity index (χ1) is 10.5. The summed E-state index contributed by atoms with van der Waals surface area (Å²) in [5, 5.41) is 11.1. The fourth-order valence-corrected chi connectivity index (χ4v) is 2.50. The third-order valence-corrected chi connectivity index (χ3v) is 3.71. The van der Waals surface area contributed by atoms with E-state index in [0.29, 0.717) is 25.3 Å². The molecule has 1 aromatic carbocycles. The predicted octanol–water partition coefficient (Wildman–Crippen LogP) is 1.77. The molecule has 0 N–H and O–H groups in total. The molecule has 7 nitrogen and oxygen atoms in total. The van der Waals surface area contributed by atoms with E-state index < -0.39 is 4.92 Å². The van der Waals surface area contributed by atoms with Crippen molar-refractivity contribution in [2.75, 3.05) is 39.8 Å². The molecule has 0 bridgehead atoms. The highest BCUT2D eigenvalue weighted by molar-refractivity contribution is 5.95. The third kappa shape index (κ3) is 3.73. The second kappa shape index (κ2) is 7.22. The molecule has 7 heteroatoms. The molecular formula is C15H21N3O4. The number of carbonyl (C=O) groups excluding carboxylic acids is 1. The second-order valence-electron chi connectivity index (χ2n) is 5.32. The van der Waals surface area contributed by atoms with Gasteiger partial charge in [0, 0.05) is 31.3 Å². The van der Waals surface area contributed by atoms with Crippen molar-refractivity contribution in [3.8, 4) is 5.75 Å². The first kappa shape index (κ1) is 16.2. The molecule has 1 heterocycles. The lowest BCUT2D eigenvalue weighted by atomic mass is 10.1. The van der Waals surface area contributed by atoms with E-state index in [0.717, 1.165) is 19.5 Å². The Morgan fingerprint density at radius 3 is 2.77 bits per heavy atom. The van der Waals surface area contributed by atoms with Crippen molar-refractivity contribution in [2.24, 2.45) is 0 Å². The minimum absolute atomic E-state index is 0.165. The van der Waals surface area contributed by atoms with Crippen LogP contribution in [0.3, 0.4) is 0 Å². The molecule has 120 valence electrons. The molecule has 0 aromatic heterocycles. The minimum Gasteiger partial charge on any atom is -0.487 e. The van der Waals surface area contributed by atoms with Crippen LogP contribution in [0.15, 0.2) is 18.2 Å². The van der Waals surface area contributed by atoms with Crippen molar-refractivity contribution >= 4 is 11.6 Å². The van der Waals surface area contributed by atoms with Gasteiger partial charge in [-0.05, 0) is 39.1 Å². The van der Waals surface area contributed by atoms with Gasteiger partial charge < -0.3 is 14.5 Å². The van der Waals surface area contributed by atoms with E-state index in [4.69, 9.17) is 4.74 Å². The number of nitro benzene ring substituents is 1. The van der Waals surface area contributed by atoms with Crippen LogP contribution in [0, 0.1) is 10.1 Å². The van der Waals surface area contributed by atoms with Gasteiger partial charge in [-0.2, -0.15) is 0 Å². The number of hydrogen-bond donors (Lipinski definition) is 0. The predicted molar refractivity (Wildman–Crippen MR) is 82.3 cm³/mol. The molecule has 0 aliphatic carbocycles. The number of nitro groups is 1. The quantitative estimate of drug-likeness (QED) is 0.626. The summed E-state index contributed by atoms with van der Waals surface area (Å²) < 4.78 is 5.24. The van der Waals surface area contributed by atoms with Gasteiger partial charge in [0.2, 0.25) is 0 Å². The SMILES string of the molecule is CCOc1ccc(C(=O)N2CCCN(C)CC2)cc1[N+](=O)[O-]. The third-order valence-electron chi connectivity index (χ3n) is 3.71. The molecule has 1 saturated heterocycles. The molecule has 0 saturated carbocycles. The Kier molecular flexibility index (Phi) is 5.32. The Hall–Kier alpha value is -2.15. The lowest BCUT2D eigenvalue weighted by molar-refractivity contribution is -0.385. The van der Waals surface area contributed by atoms with Crippen molar-refractivity contribution in [1.29, 1.82) is 0 Å². The van der Waals surface area contributed by atoms with Crippen LogP contribution in [0.1, 0.15) is 23.7 Å². The van der Waals surface area contributed by atoms with Crippen LogP contribution in [0.4, 0.5) is 5.69 Å². The Morgan fingerprint density at radius 1 is 1.32 bits per heavy atom. The summed E-state index contributed by atoms with van der Waals surface area (Å²) in [5.74, 6) is 0.0288. The van der Waals surface area contributed by atoms with Crippen molar-refractivity contribution in [3.63, 3.8) is 0 Å². The van der Waals surface area contributed by atoms with Gasteiger partial charge in [-0.15, -0.1) is 0 Å². The Balaban J connectivity index is 2.22. The zero-order valence-corrected chi connectivity index (χ0v) is 12.9. The van der Waals surface area contributed by atoms with Gasteiger partial charge in [-0.3, -0.25) is 14.9 Å². The maximum absolute atomic E-state index is 12.5. The van der Waals surface area contributed by atoms with Gasteiger partial charge >= 0.3 is 5.69 Å². The van der Waals surface area contributed by atoms with Crippen LogP contribution in [0.2, 0.25) is 0 Å². The van der Waals surface area contributed by atoms with E-state index in [1.54, 1.807) is 17.9 Å². The van der Waals surface area contributed by atoms with Crippen LogP contribution in [0.5, 0.6) is 5.75 Å². The molecule has 0 radical (unpaired) electrons. The van der Waals surface area contributed by atoms with E-state index in [1.807, 2.05) is 7.05 Å². The fourth-order valence-electron chi connectivity index (χ4n) is 2.50. The van der Waals surface area contributed by atoms with E-state index in [2.05, 4.69) is 4.90 Å². The van der Waals surface area contributed by atoms with Crippen LogP contribution < -0.4 is 4.74 Å².